The Morgan fingerprint density at radius 1 is 1.36 bits per heavy atom. The maximum atomic E-state index is 12.2. The normalized spacial score (nSPS) is 14.1. The van der Waals surface area contributed by atoms with Gasteiger partial charge in [0.1, 0.15) is 11.8 Å². The van der Waals surface area contributed by atoms with Crippen molar-refractivity contribution in [1.29, 1.82) is 0 Å². The summed E-state index contributed by atoms with van der Waals surface area (Å²) in [6.45, 7) is 0. The van der Waals surface area contributed by atoms with Crippen molar-refractivity contribution in [3.8, 4) is 5.75 Å². The first-order chi connectivity index (χ1) is 6.34. The Bertz CT molecular complexity index is 340. The molecule has 1 rings (SSSR count). The van der Waals surface area contributed by atoms with Crippen LogP contribution in [0.2, 0.25) is 5.02 Å². The van der Waals surface area contributed by atoms with E-state index in [0.717, 1.165) is 6.07 Å². The summed E-state index contributed by atoms with van der Waals surface area (Å²) in [7, 11) is 0. The molecule has 0 saturated carbocycles. The summed E-state index contributed by atoms with van der Waals surface area (Å²) in [5, 5.41) is 8.70. The number of alkyl halides is 3. The molecule has 6 heteroatoms. The first-order valence-electron chi connectivity index (χ1n) is 3.63. The lowest BCUT2D eigenvalue weighted by Crippen LogP contribution is -2.28. The van der Waals surface area contributed by atoms with Gasteiger partial charge in [0.25, 0.3) is 0 Å². The van der Waals surface area contributed by atoms with Crippen molar-refractivity contribution >= 4 is 11.6 Å². The quantitative estimate of drug-likeness (QED) is 0.772. The van der Waals surface area contributed by atoms with Crippen molar-refractivity contribution in [2.24, 2.45) is 5.73 Å². The van der Waals surface area contributed by atoms with E-state index < -0.39 is 18.0 Å². The van der Waals surface area contributed by atoms with Crippen molar-refractivity contribution < 1.29 is 18.3 Å². The molecule has 0 radical (unpaired) electrons. The number of benzene rings is 1. The van der Waals surface area contributed by atoms with Crippen molar-refractivity contribution in [2.45, 2.75) is 12.2 Å². The molecular formula is C8H7ClF3NO. The monoisotopic (exact) mass is 225 g/mol. The van der Waals surface area contributed by atoms with E-state index in [-0.39, 0.29) is 10.6 Å². The van der Waals surface area contributed by atoms with Crippen molar-refractivity contribution in [2.75, 3.05) is 0 Å². The van der Waals surface area contributed by atoms with Gasteiger partial charge in [-0.15, -0.1) is 0 Å². The predicted molar refractivity (Wildman–Crippen MR) is 46.1 cm³/mol. The van der Waals surface area contributed by atoms with Crippen LogP contribution in [0.5, 0.6) is 5.75 Å². The highest BCUT2D eigenvalue weighted by molar-refractivity contribution is 6.32. The molecule has 0 spiro atoms. The third-order valence-electron chi connectivity index (χ3n) is 1.70. The van der Waals surface area contributed by atoms with Crippen LogP contribution in [0.3, 0.4) is 0 Å². The van der Waals surface area contributed by atoms with Gasteiger partial charge in [0, 0.05) is 5.56 Å². The average molecular weight is 226 g/mol. The smallest absolute Gasteiger partial charge is 0.407 e. The van der Waals surface area contributed by atoms with E-state index in [0.29, 0.717) is 0 Å². The second kappa shape index (κ2) is 3.67. The van der Waals surface area contributed by atoms with Crippen LogP contribution in [0.25, 0.3) is 0 Å². The molecule has 0 aliphatic carbocycles. The lowest BCUT2D eigenvalue weighted by molar-refractivity contribution is -0.149. The number of phenols is 1. The maximum Gasteiger partial charge on any atom is 0.407 e. The molecule has 0 amide bonds. The molecule has 0 aliphatic heterocycles. The Hall–Kier alpha value is -0.940. The molecule has 0 bridgehead atoms. The van der Waals surface area contributed by atoms with Gasteiger partial charge in [-0.05, 0) is 6.07 Å². The minimum Gasteiger partial charge on any atom is -0.506 e. The minimum atomic E-state index is -4.57. The molecule has 1 aromatic carbocycles. The van der Waals surface area contributed by atoms with Gasteiger partial charge in [-0.3, -0.25) is 0 Å². The van der Waals surface area contributed by atoms with Crippen LogP contribution >= 0.6 is 11.6 Å². The van der Waals surface area contributed by atoms with E-state index in [1.54, 1.807) is 0 Å². The van der Waals surface area contributed by atoms with E-state index in [1.165, 1.54) is 12.1 Å². The summed E-state index contributed by atoms with van der Waals surface area (Å²) >= 11 is 5.46. The van der Waals surface area contributed by atoms with Crippen LogP contribution < -0.4 is 5.73 Å². The Labute approximate surface area is 83.1 Å². The molecule has 78 valence electrons. The highest BCUT2D eigenvalue weighted by atomic mass is 35.5. The molecule has 0 aromatic heterocycles. The Kier molecular flexibility index (Phi) is 2.92. The van der Waals surface area contributed by atoms with Crippen molar-refractivity contribution in [1.82, 2.24) is 0 Å². The topological polar surface area (TPSA) is 46.2 Å². The number of rotatable bonds is 1. The van der Waals surface area contributed by atoms with E-state index in [4.69, 9.17) is 22.4 Å². The zero-order valence-electron chi connectivity index (χ0n) is 6.85. The molecule has 0 aliphatic rings. The third-order valence-corrected chi connectivity index (χ3v) is 2.11. The first kappa shape index (κ1) is 11.1. The summed E-state index contributed by atoms with van der Waals surface area (Å²) in [5.41, 5.74) is 4.59. The zero-order chi connectivity index (χ0) is 10.9. The number of nitrogens with two attached hydrogens (primary N) is 1. The largest absolute Gasteiger partial charge is 0.506 e. The van der Waals surface area contributed by atoms with Crippen LogP contribution in [-0.2, 0) is 0 Å². The van der Waals surface area contributed by atoms with Crippen molar-refractivity contribution in [3.63, 3.8) is 0 Å². The highest BCUT2D eigenvalue weighted by Gasteiger charge is 2.39. The zero-order valence-corrected chi connectivity index (χ0v) is 7.60. The van der Waals surface area contributed by atoms with Gasteiger partial charge in [-0.2, -0.15) is 13.2 Å². The van der Waals surface area contributed by atoms with Gasteiger partial charge >= 0.3 is 6.18 Å². The second-order valence-electron chi connectivity index (χ2n) is 2.70. The summed E-state index contributed by atoms with van der Waals surface area (Å²) in [5.74, 6) is -0.413. The summed E-state index contributed by atoms with van der Waals surface area (Å²) in [6.07, 6.45) is -4.57. The highest BCUT2D eigenvalue weighted by Crippen LogP contribution is 2.37. The molecule has 2 nitrogen and oxygen atoms in total. The second-order valence-corrected chi connectivity index (χ2v) is 3.08. The SMILES string of the molecule is N[C@H](c1cccc(O)c1Cl)C(F)(F)F. The van der Waals surface area contributed by atoms with Crippen LogP contribution in [0.15, 0.2) is 18.2 Å². The molecule has 1 aromatic rings. The van der Waals surface area contributed by atoms with Crippen LogP contribution in [0.4, 0.5) is 13.2 Å². The fraction of sp³-hybridized carbons (Fsp3) is 0.250. The predicted octanol–water partition coefficient (Wildman–Crippen LogP) is 2.61. The molecule has 0 saturated heterocycles. The summed E-state index contributed by atoms with van der Waals surface area (Å²) in [6, 6.07) is 1.39. The molecule has 0 heterocycles. The molecule has 0 fully saturated rings. The Balaban J connectivity index is 3.14. The fourth-order valence-electron chi connectivity index (χ4n) is 0.954. The van der Waals surface area contributed by atoms with Gasteiger partial charge < -0.3 is 10.8 Å². The van der Waals surface area contributed by atoms with Crippen LogP contribution in [-0.4, -0.2) is 11.3 Å². The van der Waals surface area contributed by atoms with Crippen LogP contribution in [0.1, 0.15) is 11.6 Å². The maximum absolute atomic E-state index is 12.2. The number of halogens is 4. The van der Waals surface area contributed by atoms with E-state index in [2.05, 4.69) is 0 Å². The van der Waals surface area contributed by atoms with Gasteiger partial charge in [0.2, 0.25) is 0 Å². The number of phenolic OH excluding ortho intramolecular Hbond substituents is 1. The van der Waals surface area contributed by atoms with E-state index in [1.807, 2.05) is 0 Å². The minimum absolute atomic E-state index is 0.334. The average Bonchev–Trinajstić information content (AvgIpc) is 2.07. The number of hydrogen-bond acceptors (Lipinski definition) is 2. The molecule has 0 unspecified atom stereocenters. The van der Waals surface area contributed by atoms with Gasteiger partial charge in [-0.1, -0.05) is 23.7 Å². The molecule has 1 atom stereocenters. The lowest BCUT2D eigenvalue weighted by atomic mass is 10.1. The number of hydrogen-bond donors (Lipinski definition) is 2. The standard InChI is InChI=1S/C8H7ClF3NO/c9-6-4(2-1-3-5(6)14)7(13)8(10,11)12/h1-3,7,14H,13H2/t7-/m1/s1. The Morgan fingerprint density at radius 3 is 2.43 bits per heavy atom. The lowest BCUT2D eigenvalue weighted by Gasteiger charge is -2.17. The molecule has 14 heavy (non-hydrogen) atoms. The molecule has 3 N–H and O–H groups in total. The molecular weight excluding hydrogens is 219 g/mol. The number of aromatic hydroxyl groups is 1. The van der Waals surface area contributed by atoms with Gasteiger partial charge in [0.05, 0.1) is 5.02 Å². The van der Waals surface area contributed by atoms with E-state index >= 15 is 0 Å². The first-order valence-corrected chi connectivity index (χ1v) is 4.01. The fourth-order valence-corrected chi connectivity index (χ4v) is 1.20. The van der Waals surface area contributed by atoms with Crippen LogP contribution in [0, 0.1) is 0 Å². The van der Waals surface area contributed by atoms with Gasteiger partial charge in [-0.25, -0.2) is 0 Å². The van der Waals surface area contributed by atoms with Gasteiger partial charge in [0.15, 0.2) is 0 Å². The third kappa shape index (κ3) is 2.10. The van der Waals surface area contributed by atoms with E-state index in [9.17, 15) is 13.2 Å². The Morgan fingerprint density at radius 2 is 1.93 bits per heavy atom. The van der Waals surface area contributed by atoms with Crippen molar-refractivity contribution in [3.05, 3.63) is 28.8 Å². The summed E-state index contributed by atoms with van der Waals surface area (Å²) in [4.78, 5) is 0. The summed E-state index contributed by atoms with van der Waals surface area (Å²) < 4.78 is 36.5.